The Balaban J connectivity index is 1.95. The molecular weight excluding hydrogens is 440 g/mol. The number of rotatable bonds is 3. The molecule has 4 aromatic rings. The van der Waals surface area contributed by atoms with E-state index in [9.17, 15) is 25.2 Å². The number of aliphatic hydroxyl groups is 3. The van der Waals surface area contributed by atoms with Crippen molar-refractivity contribution >= 4 is 38.6 Å². The summed E-state index contributed by atoms with van der Waals surface area (Å²) in [6.45, 7) is 5.34. The van der Waals surface area contributed by atoms with Crippen molar-refractivity contribution < 1.29 is 34.3 Å². The fraction of sp³-hybridized carbons (Fsp3) is 0.269. The van der Waals surface area contributed by atoms with Crippen LogP contribution in [0.15, 0.2) is 52.2 Å². The molecule has 1 saturated heterocycles. The van der Waals surface area contributed by atoms with Crippen molar-refractivity contribution in [3.05, 3.63) is 64.5 Å². The molecule has 1 aromatic heterocycles. The Kier molecular flexibility index (Phi) is 5.33. The predicted molar refractivity (Wildman–Crippen MR) is 127 cm³/mol. The summed E-state index contributed by atoms with van der Waals surface area (Å²) in [4.78, 5) is 13.0. The lowest BCUT2D eigenvalue weighted by Gasteiger charge is -2.40. The molecule has 0 unspecified atom stereocenters. The van der Waals surface area contributed by atoms with Gasteiger partial charge in [-0.15, -0.1) is 0 Å². The number of methoxy groups -OCH3 is 1. The number of hydrogen-bond acceptors (Lipinski definition) is 8. The Morgan fingerprint density at radius 1 is 1.00 bits per heavy atom. The van der Waals surface area contributed by atoms with E-state index in [4.69, 9.17) is 13.9 Å². The second-order valence-electron chi connectivity index (χ2n) is 8.52. The molecule has 3 aromatic carbocycles. The molecule has 1 fully saturated rings. The first-order chi connectivity index (χ1) is 16.3. The molecular formula is C26H24O8. The molecule has 0 bridgehead atoms. The summed E-state index contributed by atoms with van der Waals surface area (Å²) in [7, 11) is 1.49. The van der Waals surface area contributed by atoms with Crippen LogP contribution in [0.25, 0.3) is 38.6 Å². The van der Waals surface area contributed by atoms with E-state index >= 15 is 0 Å². The summed E-state index contributed by atoms with van der Waals surface area (Å²) in [5, 5.41) is 44.1. The van der Waals surface area contributed by atoms with Crippen LogP contribution in [0.4, 0.5) is 0 Å². The third-order valence-corrected chi connectivity index (χ3v) is 6.54. The maximum absolute atomic E-state index is 13.0. The molecule has 4 N–H and O–H groups in total. The number of phenolic OH excluding ortho intramolecular Hbond substituents is 1. The number of aliphatic hydroxyl groups excluding tert-OH is 3. The van der Waals surface area contributed by atoms with Crippen molar-refractivity contribution in [3.8, 4) is 11.5 Å². The molecule has 8 heteroatoms. The maximum atomic E-state index is 13.0. The summed E-state index contributed by atoms with van der Waals surface area (Å²) in [5.74, 6) is 0.305. The number of fused-ring (bicyclic) bond motifs is 5. The lowest BCUT2D eigenvalue weighted by atomic mass is 9.87. The van der Waals surface area contributed by atoms with E-state index in [0.717, 1.165) is 0 Å². The van der Waals surface area contributed by atoms with E-state index in [-0.39, 0.29) is 16.7 Å². The minimum absolute atomic E-state index is 0.116. The topological polar surface area (TPSA) is 130 Å². The Hall–Kier alpha value is -3.43. The van der Waals surface area contributed by atoms with Crippen LogP contribution in [0.1, 0.15) is 24.2 Å². The molecule has 8 nitrogen and oxygen atoms in total. The first-order valence-electron chi connectivity index (χ1n) is 10.8. The molecule has 0 aliphatic carbocycles. The highest BCUT2D eigenvalue weighted by molar-refractivity contribution is 6.18. The van der Waals surface area contributed by atoms with Crippen molar-refractivity contribution in [1.82, 2.24) is 0 Å². The van der Waals surface area contributed by atoms with Gasteiger partial charge in [-0.1, -0.05) is 24.8 Å². The molecule has 5 rings (SSSR count). The fourth-order valence-corrected chi connectivity index (χ4v) is 4.80. The minimum Gasteiger partial charge on any atom is -0.507 e. The quantitative estimate of drug-likeness (QED) is 0.269. The average molecular weight is 464 g/mol. The third-order valence-electron chi connectivity index (χ3n) is 6.54. The van der Waals surface area contributed by atoms with Crippen LogP contribution in [0.3, 0.4) is 0 Å². The van der Waals surface area contributed by atoms with Gasteiger partial charge in [-0.05, 0) is 42.3 Å². The predicted octanol–water partition coefficient (Wildman–Crippen LogP) is 3.00. The van der Waals surface area contributed by atoms with Gasteiger partial charge in [-0.2, -0.15) is 0 Å². The van der Waals surface area contributed by atoms with Crippen molar-refractivity contribution in [1.29, 1.82) is 0 Å². The van der Waals surface area contributed by atoms with E-state index in [2.05, 4.69) is 6.58 Å². The van der Waals surface area contributed by atoms with Crippen molar-refractivity contribution in [2.24, 2.45) is 0 Å². The van der Waals surface area contributed by atoms with Gasteiger partial charge in [-0.25, -0.2) is 4.79 Å². The lowest BCUT2D eigenvalue weighted by molar-refractivity contribution is -0.219. The highest BCUT2D eigenvalue weighted by Gasteiger charge is 2.43. The van der Waals surface area contributed by atoms with E-state index in [0.29, 0.717) is 38.4 Å². The minimum atomic E-state index is -1.47. The molecule has 1 aliphatic heterocycles. The van der Waals surface area contributed by atoms with E-state index in [1.165, 1.54) is 13.2 Å². The third kappa shape index (κ3) is 3.19. The van der Waals surface area contributed by atoms with Gasteiger partial charge in [0.25, 0.3) is 0 Å². The van der Waals surface area contributed by atoms with Crippen molar-refractivity contribution in [2.75, 3.05) is 7.11 Å². The Morgan fingerprint density at radius 3 is 2.47 bits per heavy atom. The van der Waals surface area contributed by atoms with Crippen LogP contribution in [0.2, 0.25) is 0 Å². The zero-order chi connectivity index (χ0) is 24.3. The Bertz CT molecular complexity index is 1500. The number of benzene rings is 3. The number of phenols is 1. The van der Waals surface area contributed by atoms with Crippen LogP contribution >= 0.6 is 0 Å². The zero-order valence-corrected chi connectivity index (χ0v) is 18.6. The first kappa shape index (κ1) is 22.4. The molecule has 5 atom stereocenters. The number of hydrogen-bond donors (Lipinski definition) is 4. The van der Waals surface area contributed by atoms with Gasteiger partial charge < -0.3 is 34.3 Å². The monoisotopic (exact) mass is 464 g/mol. The van der Waals surface area contributed by atoms with Crippen LogP contribution < -0.4 is 10.4 Å². The Morgan fingerprint density at radius 2 is 1.76 bits per heavy atom. The van der Waals surface area contributed by atoms with Gasteiger partial charge in [0.15, 0.2) is 0 Å². The van der Waals surface area contributed by atoms with E-state index in [1.807, 2.05) is 0 Å². The van der Waals surface area contributed by atoms with Gasteiger partial charge in [-0.3, -0.25) is 0 Å². The van der Waals surface area contributed by atoms with Gasteiger partial charge >= 0.3 is 5.63 Å². The molecule has 2 heterocycles. The summed E-state index contributed by atoms with van der Waals surface area (Å²) in [6.07, 6.45) is -4.47. The van der Waals surface area contributed by atoms with E-state index in [1.54, 1.807) is 43.3 Å². The zero-order valence-electron chi connectivity index (χ0n) is 18.6. The SMILES string of the molecule is C=Cc1cc(OC)c2c(c1)c(=O)oc1c3cccc(O)c3c([C@@H]3O[C@@H](C)[C@H](O)[C@@H](O)[C@H]3O)cc12. The molecule has 176 valence electrons. The molecule has 34 heavy (non-hydrogen) atoms. The standard InChI is InChI=1S/C26H24O8/c1-4-12-8-16-20(18(9-12)32-3)15-10-14(25-23(30)22(29)21(28)11(2)33-25)19-13(6-5-7-17(19)27)24(15)34-26(16)31/h4-11,21-23,25,27-30H,1H2,2-3H3/t11-,21-,22+,23+,25-/m0/s1. The molecule has 0 amide bonds. The number of ether oxygens (including phenoxy) is 2. The highest BCUT2D eigenvalue weighted by atomic mass is 16.5. The van der Waals surface area contributed by atoms with Crippen LogP contribution in [0.5, 0.6) is 11.5 Å². The summed E-state index contributed by atoms with van der Waals surface area (Å²) in [5.41, 5.74) is 0.696. The first-order valence-corrected chi connectivity index (χ1v) is 10.8. The summed E-state index contributed by atoms with van der Waals surface area (Å²) in [6, 6.07) is 9.82. The number of aromatic hydroxyl groups is 1. The maximum Gasteiger partial charge on any atom is 0.344 e. The Labute approximate surface area is 193 Å². The van der Waals surface area contributed by atoms with E-state index < -0.39 is 36.1 Å². The second kappa shape index (κ2) is 8.11. The highest BCUT2D eigenvalue weighted by Crippen LogP contribution is 2.44. The molecule has 1 aliphatic rings. The van der Waals surface area contributed by atoms with Crippen LogP contribution in [0, 0.1) is 0 Å². The molecule has 0 saturated carbocycles. The average Bonchev–Trinajstić information content (AvgIpc) is 2.84. The van der Waals surface area contributed by atoms with Crippen molar-refractivity contribution in [3.63, 3.8) is 0 Å². The van der Waals surface area contributed by atoms with Crippen molar-refractivity contribution in [2.45, 2.75) is 37.4 Å². The molecule has 0 spiro atoms. The summed E-state index contributed by atoms with van der Waals surface area (Å²) >= 11 is 0. The van der Waals surface area contributed by atoms with Gasteiger partial charge in [0.05, 0.1) is 18.6 Å². The van der Waals surface area contributed by atoms with Crippen LogP contribution in [-0.2, 0) is 4.74 Å². The summed E-state index contributed by atoms with van der Waals surface area (Å²) < 4.78 is 17.2. The lowest BCUT2D eigenvalue weighted by Crippen LogP contribution is -2.53. The smallest absolute Gasteiger partial charge is 0.344 e. The second-order valence-corrected chi connectivity index (χ2v) is 8.52. The van der Waals surface area contributed by atoms with Crippen LogP contribution in [-0.4, -0.2) is 52.0 Å². The molecule has 0 radical (unpaired) electrons. The van der Waals surface area contributed by atoms with Gasteiger partial charge in [0.2, 0.25) is 0 Å². The van der Waals surface area contributed by atoms with Gasteiger partial charge in [0, 0.05) is 21.5 Å². The normalized spacial score (nSPS) is 25.1. The largest absolute Gasteiger partial charge is 0.507 e. The van der Waals surface area contributed by atoms with Gasteiger partial charge in [0.1, 0.15) is 41.5 Å². The fourth-order valence-electron chi connectivity index (χ4n) is 4.80.